The molecule has 0 bridgehead atoms. The number of halogens is 1. The number of rotatable bonds is 12. The average Bonchev–Trinajstić information content (AvgIpc) is 3.24. The van der Waals surface area contributed by atoms with Crippen molar-refractivity contribution in [2.24, 2.45) is 0 Å². The number of carbonyl (C=O) groups excluding carboxylic acids is 2. The van der Waals surface area contributed by atoms with Gasteiger partial charge in [-0.3, -0.25) is 14.6 Å². The first kappa shape index (κ1) is 26.2. The van der Waals surface area contributed by atoms with Crippen LogP contribution in [0.1, 0.15) is 45.4 Å². The monoisotopic (exact) mass is 564 g/mol. The number of esters is 1. The highest BCUT2D eigenvalue weighted by Gasteiger charge is 2.19. The van der Waals surface area contributed by atoms with Crippen molar-refractivity contribution in [2.45, 2.75) is 37.5 Å². The Morgan fingerprint density at radius 1 is 1.15 bits per heavy atom. The summed E-state index contributed by atoms with van der Waals surface area (Å²) in [6, 6.07) is 11.8. The number of ether oxygens (including phenoxy) is 1. The van der Waals surface area contributed by atoms with Crippen LogP contribution in [0.3, 0.4) is 0 Å². The number of aromatic nitrogens is 1. The van der Waals surface area contributed by atoms with Crippen molar-refractivity contribution in [3.8, 4) is 0 Å². The minimum Gasteiger partial charge on any atom is -0.466 e. The summed E-state index contributed by atoms with van der Waals surface area (Å²) in [5, 5.41) is 0. The number of nitrogens with one attached hydrogen (secondary N) is 1. The van der Waals surface area contributed by atoms with Crippen molar-refractivity contribution in [1.29, 1.82) is 0 Å². The van der Waals surface area contributed by atoms with Crippen LogP contribution < -0.4 is 4.72 Å². The topological polar surface area (TPSA) is 102 Å². The number of hydrogen-bond acceptors (Lipinski definition) is 7. The Balaban J connectivity index is 1.69. The van der Waals surface area contributed by atoms with E-state index in [0.29, 0.717) is 36.3 Å². The summed E-state index contributed by atoms with van der Waals surface area (Å²) in [6.45, 7) is 2.32. The van der Waals surface area contributed by atoms with Gasteiger partial charge in [-0.1, -0.05) is 15.9 Å². The average molecular weight is 566 g/mol. The Labute approximate surface area is 211 Å². The van der Waals surface area contributed by atoms with Gasteiger partial charge in [0.2, 0.25) is 15.8 Å². The number of pyridine rings is 1. The van der Waals surface area contributed by atoms with Gasteiger partial charge in [0.1, 0.15) is 0 Å². The molecule has 0 saturated carbocycles. The van der Waals surface area contributed by atoms with Crippen LogP contribution in [0, 0.1) is 0 Å². The van der Waals surface area contributed by atoms with Gasteiger partial charge in [0.25, 0.3) is 0 Å². The Morgan fingerprint density at radius 2 is 1.91 bits per heavy atom. The molecular weight excluding hydrogens is 540 g/mol. The van der Waals surface area contributed by atoms with E-state index in [1.807, 2.05) is 6.07 Å². The molecule has 0 radical (unpaired) electrons. The van der Waals surface area contributed by atoms with E-state index in [1.165, 1.54) is 29.7 Å². The molecule has 0 aliphatic rings. The third kappa shape index (κ3) is 7.30. The molecule has 3 aromatic rings. The zero-order chi connectivity index (χ0) is 24.6. The summed E-state index contributed by atoms with van der Waals surface area (Å²) in [6.07, 6.45) is 4.87. The zero-order valence-corrected chi connectivity index (χ0v) is 21.8. The Hall–Kier alpha value is -2.40. The standard InChI is InChI=1S/C24H25BrN2O5S2/c1-2-32-22(28)12-9-20-15-17(24(33-20)23(29)18-6-3-13-26-16-18)5-4-14-27-34(30,31)21-10-7-19(25)8-11-21/h3,6-8,10-11,13,15-16,27H,2,4-5,9,12,14H2,1H3. The molecule has 1 N–H and O–H groups in total. The number of aryl methyl sites for hydroxylation is 2. The molecule has 1 aromatic carbocycles. The highest BCUT2D eigenvalue weighted by atomic mass is 79.9. The first-order valence-electron chi connectivity index (χ1n) is 10.8. The quantitative estimate of drug-likeness (QED) is 0.197. The van der Waals surface area contributed by atoms with Crippen LogP contribution in [0.4, 0.5) is 0 Å². The van der Waals surface area contributed by atoms with E-state index >= 15 is 0 Å². The number of nitrogens with zero attached hydrogens (tertiary/aromatic N) is 1. The number of hydrogen-bond donors (Lipinski definition) is 1. The SMILES string of the molecule is CCOC(=O)CCc1cc(CCCNS(=O)(=O)c2ccc(Br)cc2)c(C(=O)c2cccnc2)s1. The molecule has 0 spiro atoms. The van der Waals surface area contributed by atoms with E-state index in [-0.39, 0.29) is 29.6 Å². The molecular formula is C24H25BrN2O5S2. The molecule has 0 aliphatic carbocycles. The molecule has 0 atom stereocenters. The van der Waals surface area contributed by atoms with Crippen LogP contribution in [0.25, 0.3) is 0 Å². The molecule has 0 fully saturated rings. The van der Waals surface area contributed by atoms with Crippen LogP contribution in [0.2, 0.25) is 0 Å². The summed E-state index contributed by atoms with van der Waals surface area (Å²) in [5.74, 6) is -0.411. The third-order valence-electron chi connectivity index (χ3n) is 4.91. The summed E-state index contributed by atoms with van der Waals surface area (Å²) in [4.78, 5) is 30.5. The number of carbonyl (C=O) groups is 2. The lowest BCUT2D eigenvalue weighted by atomic mass is 10.0. The van der Waals surface area contributed by atoms with Crippen LogP contribution >= 0.6 is 27.3 Å². The normalized spacial score (nSPS) is 11.4. The van der Waals surface area contributed by atoms with Crippen molar-refractivity contribution in [3.05, 3.63) is 80.2 Å². The van der Waals surface area contributed by atoms with Crippen molar-refractivity contribution in [2.75, 3.05) is 13.2 Å². The predicted molar refractivity (Wildman–Crippen MR) is 135 cm³/mol. The maximum atomic E-state index is 13.1. The molecule has 0 aliphatic heterocycles. The fourth-order valence-corrected chi connectivity index (χ4v) is 5.76. The Morgan fingerprint density at radius 3 is 2.59 bits per heavy atom. The zero-order valence-electron chi connectivity index (χ0n) is 18.6. The van der Waals surface area contributed by atoms with E-state index in [0.717, 1.165) is 14.9 Å². The number of benzene rings is 1. The fraction of sp³-hybridized carbons (Fsp3) is 0.292. The number of ketones is 1. The highest BCUT2D eigenvalue weighted by molar-refractivity contribution is 9.10. The van der Waals surface area contributed by atoms with Crippen molar-refractivity contribution in [3.63, 3.8) is 0 Å². The largest absolute Gasteiger partial charge is 0.466 e. The van der Waals surface area contributed by atoms with Gasteiger partial charge >= 0.3 is 5.97 Å². The molecule has 0 unspecified atom stereocenters. The van der Waals surface area contributed by atoms with Crippen molar-refractivity contribution in [1.82, 2.24) is 9.71 Å². The van der Waals surface area contributed by atoms with E-state index in [9.17, 15) is 18.0 Å². The minimum absolute atomic E-state index is 0.133. The van der Waals surface area contributed by atoms with Gasteiger partial charge in [0, 0.05) is 33.9 Å². The first-order chi connectivity index (χ1) is 16.3. The van der Waals surface area contributed by atoms with E-state index in [4.69, 9.17) is 4.74 Å². The third-order valence-corrected chi connectivity index (χ3v) is 8.15. The molecule has 2 aromatic heterocycles. The second kappa shape index (κ2) is 12.3. The van der Waals surface area contributed by atoms with Gasteiger partial charge in [-0.25, -0.2) is 13.1 Å². The smallest absolute Gasteiger partial charge is 0.306 e. The summed E-state index contributed by atoms with van der Waals surface area (Å²) in [5.41, 5.74) is 1.32. The van der Waals surface area contributed by atoms with Crippen LogP contribution in [0.15, 0.2) is 64.2 Å². The first-order valence-corrected chi connectivity index (χ1v) is 13.9. The van der Waals surface area contributed by atoms with Crippen LogP contribution in [-0.2, 0) is 32.4 Å². The molecule has 0 saturated heterocycles. The molecule has 0 amide bonds. The lowest BCUT2D eigenvalue weighted by molar-refractivity contribution is -0.143. The van der Waals surface area contributed by atoms with Crippen molar-refractivity contribution >= 4 is 49.0 Å². The lowest BCUT2D eigenvalue weighted by Gasteiger charge is -2.07. The van der Waals surface area contributed by atoms with Crippen LogP contribution in [-0.4, -0.2) is 38.3 Å². The lowest BCUT2D eigenvalue weighted by Crippen LogP contribution is -2.25. The summed E-state index contributed by atoms with van der Waals surface area (Å²) in [7, 11) is -3.61. The van der Waals surface area contributed by atoms with Gasteiger partial charge in [-0.15, -0.1) is 11.3 Å². The minimum atomic E-state index is -3.61. The van der Waals surface area contributed by atoms with E-state index < -0.39 is 10.0 Å². The van der Waals surface area contributed by atoms with Gasteiger partial charge in [0.05, 0.1) is 22.8 Å². The van der Waals surface area contributed by atoms with E-state index in [2.05, 4.69) is 25.6 Å². The van der Waals surface area contributed by atoms with Gasteiger partial charge < -0.3 is 4.74 Å². The van der Waals surface area contributed by atoms with Crippen LogP contribution in [0.5, 0.6) is 0 Å². The molecule has 2 heterocycles. The maximum absolute atomic E-state index is 13.1. The maximum Gasteiger partial charge on any atom is 0.306 e. The molecule has 7 nitrogen and oxygen atoms in total. The van der Waals surface area contributed by atoms with Gasteiger partial charge in [0.15, 0.2) is 0 Å². The molecule has 180 valence electrons. The number of thiophene rings is 1. The number of sulfonamides is 1. The fourth-order valence-electron chi connectivity index (χ4n) is 3.26. The van der Waals surface area contributed by atoms with E-state index in [1.54, 1.807) is 37.4 Å². The Bertz CT molecular complexity index is 1230. The van der Waals surface area contributed by atoms with Crippen molar-refractivity contribution < 1.29 is 22.7 Å². The van der Waals surface area contributed by atoms with Gasteiger partial charge in [-0.2, -0.15) is 0 Å². The predicted octanol–water partition coefficient (Wildman–Crippen LogP) is 4.54. The summed E-state index contributed by atoms with van der Waals surface area (Å²) < 4.78 is 33.4. The molecule has 3 rings (SSSR count). The molecule has 10 heteroatoms. The summed E-state index contributed by atoms with van der Waals surface area (Å²) >= 11 is 4.65. The highest BCUT2D eigenvalue weighted by Crippen LogP contribution is 2.27. The molecule has 34 heavy (non-hydrogen) atoms. The van der Waals surface area contributed by atoms with Gasteiger partial charge in [-0.05, 0) is 74.2 Å². The second-order valence-corrected chi connectivity index (χ2v) is 11.2. The Kier molecular flexibility index (Phi) is 9.52. The second-order valence-electron chi connectivity index (χ2n) is 7.40.